The zero-order valence-electron chi connectivity index (χ0n) is 12.8. The summed E-state index contributed by atoms with van der Waals surface area (Å²) in [5.74, 6) is 0.303. The van der Waals surface area contributed by atoms with E-state index in [4.69, 9.17) is 11.6 Å². The number of phenolic OH excluding ortho intramolecular Hbond substituents is 1. The molecule has 0 saturated heterocycles. The average Bonchev–Trinajstić information content (AvgIpc) is 2.44. The van der Waals surface area contributed by atoms with Crippen LogP contribution < -0.4 is 5.32 Å². The minimum atomic E-state index is 0.303. The summed E-state index contributed by atoms with van der Waals surface area (Å²) in [5.41, 5.74) is 0.855. The van der Waals surface area contributed by atoms with Crippen LogP contribution in [0, 0.1) is 0 Å². The van der Waals surface area contributed by atoms with Gasteiger partial charge in [-0.3, -0.25) is 0 Å². The third kappa shape index (κ3) is 6.12. The van der Waals surface area contributed by atoms with Gasteiger partial charge in [0.2, 0.25) is 0 Å². The first kappa shape index (κ1) is 17.3. The van der Waals surface area contributed by atoms with Gasteiger partial charge in [-0.05, 0) is 57.6 Å². The molecule has 1 unspecified atom stereocenters. The number of hydrogen-bond acceptors (Lipinski definition) is 3. The summed E-state index contributed by atoms with van der Waals surface area (Å²) in [7, 11) is 0. The molecule has 0 aliphatic heterocycles. The van der Waals surface area contributed by atoms with Crippen LogP contribution in [0.2, 0.25) is 5.02 Å². The molecule has 20 heavy (non-hydrogen) atoms. The zero-order valence-corrected chi connectivity index (χ0v) is 13.6. The van der Waals surface area contributed by atoms with Gasteiger partial charge in [0, 0.05) is 23.2 Å². The second-order valence-corrected chi connectivity index (χ2v) is 5.66. The van der Waals surface area contributed by atoms with Crippen molar-refractivity contribution in [3.63, 3.8) is 0 Å². The molecule has 114 valence electrons. The third-order valence-electron chi connectivity index (χ3n) is 3.69. The topological polar surface area (TPSA) is 35.5 Å². The molecule has 0 radical (unpaired) electrons. The first-order valence-electron chi connectivity index (χ1n) is 7.49. The predicted molar refractivity (Wildman–Crippen MR) is 86.4 cm³/mol. The molecule has 1 aromatic carbocycles. The first-order valence-corrected chi connectivity index (χ1v) is 7.87. The SMILES string of the molecule is CCN(CC)CCCC(C)NCc1cc(Cl)ccc1O. The Labute approximate surface area is 127 Å². The molecule has 1 rings (SSSR count). The van der Waals surface area contributed by atoms with Crippen LogP contribution in [0.3, 0.4) is 0 Å². The molecule has 3 nitrogen and oxygen atoms in total. The number of nitrogens with zero attached hydrogens (tertiary/aromatic N) is 1. The van der Waals surface area contributed by atoms with Gasteiger partial charge < -0.3 is 15.3 Å². The Bertz CT molecular complexity index is 394. The Morgan fingerprint density at radius 3 is 2.65 bits per heavy atom. The molecule has 0 bridgehead atoms. The second kappa shape index (κ2) is 9.22. The summed E-state index contributed by atoms with van der Waals surface area (Å²) < 4.78 is 0. The lowest BCUT2D eigenvalue weighted by atomic mass is 10.1. The van der Waals surface area contributed by atoms with E-state index < -0.39 is 0 Å². The van der Waals surface area contributed by atoms with Gasteiger partial charge in [0.25, 0.3) is 0 Å². The van der Waals surface area contributed by atoms with Crippen LogP contribution in [-0.2, 0) is 6.54 Å². The molecule has 0 amide bonds. The van der Waals surface area contributed by atoms with E-state index in [1.807, 2.05) is 6.07 Å². The largest absolute Gasteiger partial charge is 0.508 e. The van der Waals surface area contributed by atoms with E-state index in [-0.39, 0.29) is 0 Å². The molecule has 2 N–H and O–H groups in total. The lowest BCUT2D eigenvalue weighted by Crippen LogP contribution is -2.28. The highest BCUT2D eigenvalue weighted by molar-refractivity contribution is 6.30. The lowest BCUT2D eigenvalue weighted by Gasteiger charge is -2.20. The Kier molecular flexibility index (Phi) is 7.97. The van der Waals surface area contributed by atoms with Crippen molar-refractivity contribution in [3.8, 4) is 5.75 Å². The fourth-order valence-electron chi connectivity index (χ4n) is 2.24. The molecule has 0 heterocycles. The summed E-state index contributed by atoms with van der Waals surface area (Å²) >= 11 is 5.94. The fourth-order valence-corrected chi connectivity index (χ4v) is 2.44. The second-order valence-electron chi connectivity index (χ2n) is 5.22. The van der Waals surface area contributed by atoms with Crippen molar-refractivity contribution in [3.05, 3.63) is 28.8 Å². The molecule has 4 heteroatoms. The number of halogens is 1. The van der Waals surface area contributed by atoms with Crippen LogP contribution in [0.25, 0.3) is 0 Å². The third-order valence-corrected chi connectivity index (χ3v) is 3.92. The molecular formula is C16H27ClN2O. The van der Waals surface area contributed by atoms with Gasteiger partial charge in [-0.1, -0.05) is 25.4 Å². The van der Waals surface area contributed by atoms with Gasteiger partial charge in [-0.25, -0.2) is 0 Å². The van der Waals surface area contributed by atoms with E-state index in [1.54, 1.807) is 12.1 Å². The quantitative estimate of drug-likeness (QED) is 0.730. The van der Waals surface area contributed by atoms with Crippen molar-refractivity contribution in [2.75, 3.05) is 19.6 Å². The summed E-state index contributed by atoms with van der Waals surface area (Å²) in [5, 5.41) is 13.9. The van der Waals surface area contributed by atoms with E-state index in [0.717, 1.165) is 31.6 Å². The van der Waals surface area contributed by atoms with Gasteiger partial charge in [-0.2, -0.15) is 0 Å². The summed E-state index contributed by atoms with van der Waals surface area (Å²) in [6, 6.07) is 5.59. The molecule has 0 saturated carbocycles. The smallest absolute Gasteiger partial charge is 0.120 e. The molecule has 0 aliphatic rings. The normalized spacial score (nSPS) is 12.8. The van der Waals surface area contributed by atoms with E-state index in [2.05, 4.69) is 31.0 Å². The van der Waals surface area contributed by atoms with Crippen LogP contribution in [0.5, 0.6) is 5.75 Å². The maximum Gasteiger partial charge on any atom is 0.120 e. The molecule has 1 atom stereocenters. The Balaban J connectivity index is 2.29. The van der Waals surface area contributed by atoms with E-state index in [1.165, 1.54) is 6.42 Å². The predicted octanol–water partition coefficient (Wildman–Crippen LogP) is 3.65. The van der Waals surface area contributed by atoms with Gasteiger partial charge in [0.05, 0.1) is 0 Å². The van der Waals surface area contributed by atoms with Crippen molar-refractivity contribution in [1.82, 2.24) is 10.2 Å². The van der Waals surface area contributed by atoms with Crippen LogP contribution in [0.4, 0.5) is 0 Å². The number of hydrogen-bond donors (Lipinski definition) is 2. The fraction of sp³-hybridized carbons (Fsp3) is 0.625. The van der Waals surface area contributed by atoms with Crippen LogP contribution in [0.1, 0.15) is 39.2 Å². The average molecular weight is 299 g/mol. The monoisotopic (exact) mass is 298 g/mol. The standard InChI is InChI=1S/C16H27ClN2O/c1-4-19(5-2)10-6-7-13(3)18-12-14-11-15(17)8-9-16(14)20/h8-9,11,13,18,20H,4-7,10,12H2,1-3H3. The van der Waals surface area contributed by atoms with Crippen LogP contribution >= 0.6 is 11.6 Å². The minimum absolute atomic E-state index is 0.303. The highest BCUT2D eigenvalue weighted by Gasteiger charge is 2.06. The van der Waals surface area contributed by atoms with E-state index in [9.17, 15) is 5.11 Å². The molecule has 0 aromatic heterocycles. The Hall–Kier alpha value is -0.770. The number of rotatable bonds is 9. The van der Waals surface area contributed by atoms with Gasteiger partial charge in [0.1, 0.15) is 5.75 Å². The molecule has 0 fully saturated rings. The minimum Gasteiger partial charge on any atom is -0.508 e. The first-order chi connectivity index (χ1) is 9.56. The summed E-state index contributed by atoms with van der Waals surface area (Å²) in [6.07, 6.45) is 2.33. The van der Waals surface area contributed by atoms with Crippen molar-refractivity contribution < 1.29 is 5.11 Å². The molecular weight excluding hydrogens is 272 g/mol. The number of benzene rings is 1. The van der Waals surface area contributed by atoms with Gasteiger partial charge in [0.15, 0.2) is 0 Å². The number of aromatic hydroxyl groups is 1. The van der Waals surface area contributed by atoms with Crippen molar-refractivity contribution >= 4 is 11.6 Å². The summed E-state index contributed by atoms with van der Waals surface area (Å²) in [4.78, 5) is 2.44. The zero-order chi connectivity index (χ0) is 15.0. The molecule has 0 spiro atoms. The molecule has 0 aliphatic carbocycles. The van der Waals surface area contributed by atoms with Crippen LogP contribution in [-0.4, -0.2) is 35.7 Å². The van der Waals surface area contributed by atoms with Crippen molar-refractivity contribution in [2.24, 2.45) is 0 Å². The summed E-state index contributed by atoms with van der Waals surface area (Å²) in [6.45, 7) is 10.6. The maximum atomic E-state index is 9.76. The van der Waals surface area contributed by atoms with E-state index >= 15 is 0 Å². The highest BCUT2D eigenvalue weighted by Crippen LogP contribution is 2.21. The van der Waals surface area contributed by atoms with E-state index in [0.29, 0.717) is 23.4 Å². The Morgan fingerprint density at radius 2 is 2.00 bits per heavy atom. The highest BCUT2D eigenvalue weighted by atomic mass is 35.5. The van der Waals surface area contributed by atoms with Crippen LogP contribution in [0.15, 0.2) is 18.2 Å². The maximum absolute atomic E-state index is 9.76. The number of nitrogens with one attached hydrogen (secondary N) is 1. The van der Waals surface area contributed by atoms with Gasteiger partial charge >= 0.3 is 0 Å². The van der Waals surface area contributed by atoms with Crippen molar-refractivity contribution in [1.29, 1.82) is 0 Å². The van der Waals surface area contributed by atoms with Gasteiger partial charge in [-0.15, -0.1) is 0 Å². The Morgan fingerprint density at radius 1 is 1.30 bits per heavy atom. The number of phenols is 1. The lowest BCUT2D eigenvalue weighted by molar-refractivity contribution is 0.290. The molecule has 1 aromatic rings. The van der Waals surface area contributed by atoms with Crippen molar-refractivity contribution in [2.45, 2.75) is 46.2 Å².